The van der Waals surface area contributed by atoms with E-state index in [1.807, 2.05) is 67.6 Å². The fourth-order valence-electron chi connectivity index (χ4n) is 3.83. The zero-order valence-electron chi connectivity index (χ0n) is 16.7. The Morgan fingerprint density at radius 2 is 1.20 bits per heavy atom. The van der Waals surface area contributed by atoms with E-state index in [1.165, 1.54) is 5.01 Å². The number of fused-ring (bicyclic) bond motifs is 1. The van der Waals surface area contributed by atoms with Crippen molar-refractivity contribution < 1.29 is 14.4 Å². The van der Waals surface area contributed by atoms with Crippen molar-refractivity contribution in [2.75, 3.05) is 6.54 Å². The van der Waals surface area contributed by atoms with Crippen LogP contribution in [0.15, 0.2) is 84.9 Å². The van der Waals surface area contributed by atoms with Gasteiger partial charge in [0.15, 0.2) is 0 Å². The van der Waals surface area contributed by atoms with Gasteiger partial charge in [0.05, 0.1) is 17.0 Å². The highest BCUT2D eigenvalue weighted by molar-refractivity contribution is 6.21. The molecule has 0 radical (unpaired) electrons. The van der Waals surface area contributed by atoms with Crippen LogP contribution in [-0.2, 0) is 4.79 Å². The predicted octanol–water partition coefficient (Wildman–Crippen LogP) is 4.27. The summed E-state index contributed by atoms with van der Waals surface area (Å²) in [7, 11) is 0. The highest BCUT2D eigenvalue weighted by Crippen LogP contribution is 2.31. The molecule has 1 aliphatic heterocycles. The molecular weight excluding hydrogens is 376 g/mol. The maximum Gasteiger partial charge on any atom is 0.280 e. The average molecular weight is 398 g/mol. The van der Waals surface area contributed by atoms with Crippen LogP contribution in [0.25, 0.3) is 0 Å². The first kappa shape index (κ1) is 19.6. The quantitative estimate of drug-likeness (QED) is 0.583. The van der Waals surface area contributed by atoms with Crippen molar-refractivity contribution in [2.45, 2.75) is 19.3 Å². The number of nitrogens with zero attached hydrogens (tertiary/aromatic N) is 2. The first-order chi connectivity index (χ1) is 14.6. The number of hydrogen-bond acceptors (Lipinski definition) is 3. The second-order valence-corrected chi connectivity index (χ2v) is 7.18. The second-order valence-electron chi connectivity index (χ2n) is 7.18. The Morgan fingerprint density at radius 1 is 0.767 bits per heavy atom. The molecule has 3 aromatic rings. The van der Waals surface area contributed by atoms with Gasteiger partial charge < -0.3 is 0 Å². The summed E-state index contributed by atoms with van der Waals surface area (Å²) in [6.45, 7) is 2.18. The van der Waals surface area contributed by atoms with Crippen LogP contribution in [0.3, 0.4) is 0 Å². The van der Waals surface area contributed by atoms with Crippen LogP contribution in [-0.4, -0.2) is 34.3 Å². The van der Waals surface area contributed by atoms with Crippen LogP contribution in [0.5, 0.6) is 0 Å². The number of carbonyl (C=O) groups excluding carboxylic acids is 3. The molecule has 0 spiro atoms. The number of imide groups is 1. The molecule has 1 aliphatic rings. The van der Waals surface area contributed by atoms with Crippen LogP contribution in [0, 0.1) is 0 Å². The van der Waals surface area contributed by atoms with E-state index in [9.17, 15) is 14.4 Å². The summed E-state index contributed by atoms with van der Waals surface area (Å²) in [6, 6.07) is 25.5. The van der Waals surface area contributed by atoms with E-state index in [0.29, 0.717) is 17.5 Å². The summed E-state index contributed by atoms with van der Waals surface area (Å²) >= 11 is 0. The van der Waals surface area contributed by atoms with Gasteiger partial charge in [0.25, 0.3) is 17.7 Å². The molecule has 3 aromatic carbocycles. The summed E-state index contributed by atoms with van der Waals surface area (Å²) in [5, 5.41) is 2.32. The number of rotatable bonds is 6. The molecule has 0 bridgehead atoms. The van der Waals surface area contributed by atoms with Gasteiger partial charge in [0.2, 0.25) is 0 Å². The lowest BCUT2D eigenvalue weighted by Crippen LogP contribution is -2.51. The number of carbonyl (C=O) groups is 3. The van der Waals surface area contributed by atoms with Crippen molar-refractivity contribution in [1.82, 2.24) is 10.0 Å². The molecule has 4 rings (SSSR count). The standard InChI is InChI=1S/C25H22N2O3/c1-2-17-26(27-23(28)20-15-9-10-16-21(20)24(27)29)25(30)22(18-11-5-3-6-12-18)19-13-7-4-8-14-19/h3-16,22H,2,17H2,1H3. The van der Waals surface area contributed by atoms with E-state index >= 15 is 0 Å². The van der Waals surface area contributed by atoms with Crippen molar-refractivity contribution in [3.05, 3.63) is 107 Å². The third kappa shape index (κ3) is 3.39. The predicted molar refractivity (Wildman–Crippen MR) is 114 cm³/mol. The van der Waals surface area contributed by atoms with Crippen molar-refractivity contribution in [1.29, 1.82) is 0 Å². The lowest BCUT2D eigenvalue weighted by Gasteiger charge is -2.33. The van der Waals surface area contributed by atoms with E-state index in [4.69, 9.17) is 0 Å². The fourth-order valence-corrected chi connectivity index (χ4v) is 3.83. The summed E-state index contributed by atoms with van der Waals surface area (Å²) in [4.78, 5) is 39.9. The SMILES string of the molecule is CCCN(C(=O)C(c1ccccc1)c1ccccc1)N1C(=O)c2ccccc2C1=O. The largest absolute Gasteiger partial charge is 0.280 e. The van der Waals surface area contributed by atoms with Crippen LogP contribution in [0.2, 0.25) is 0 Å². The molecule has 1 heterocycles. The molecule has 150 valence electrons. The Bertz CT molecular complexity index is 1010. The maximum absolute atomic E-state index is 13.8. The molecule has 3 amide bonds. The number of benzene rings is 3. The molecule has 5 nitrogen and oxygen atoms in total. The first-order valence-corrected chi connectivity index (χ1v) is 10.0. The van der Waals surface area contributed by atoms with Crippen molar-refractivity contribution in [3.63, 3.8) is 0 Å². The van der Waals surface area contributed by atoms with Crippen molar-refractivity contribution in [3.8, 4) is 0 Å². The monoisotopic (exact) mass is 398 g/mol. The van der Waals surface area contributed by atoms with E-state index in [1.54, 1.807) is 24.3 Å². The molecule has 0 fully saturated rings. The van der Waals surface area contributed by atoms with E-state index in [2.05, 4.69) is 0 Å². The lowest BCUT2D eigenvalue weighted by molar-refractivity contribution is -0.142. The van der Waals surface area contributed by atoms with Gasteiger partial charge in [0.1, 0.15) is 0 Å². The minimum absolute atomic E-state index is 0.264. The number of hydrogen-bond donors (Lipinski definition) is 0. The Hall–Kier alpha value is -3.73. The Labute approximate surface area is 175 Å². The van der Waals surface area contributed by atoms with Gasteiger partial charge in [-0.2, -0.15) is 5.01 Å². The van der Waals surface area contributed by atoms with Gasteiger partial charge in [-0.05, 0) is 29.7 Å². The minimum Gasteiger partial charge on any atom is -0.272 e. The van der Waals surface area contributed by atoms with Gasteiger partial charge in [-0.1, -0.05) is 79.7 Å². The van der Waals surface area contributed by atoms with Crippen LogP contribution < -0.4 is 0 Å². The molecule has 0 N–H and O–H groups in total. The molecule has 0 aromatic heterocycles. The van der Waals surface area contributed by atoms with Crippen LogP contribution in [0.4, 0.5) is 0 Å². The molecule has 0 aliphatic carbocycles. The zero-order valence-corrected chi connectivity index (χ0v) is 16.7. The Morgan fingerprint density at radius 3 is 1.63 bits per heavy atom. The minimum atomic E-state index is -0.622. The summed E-state index contributed by atoms with van der Waals surface area (Å²) in [5.74, 6) is -1.85. The Kier molecular flexibility index (Phi) is 5.44. The molecule has 0 atom stereocenters. The molecule has 5 heteroatoms. The Balaban J connectivity index is 1.77. The highest BCUT2D eigenvalue weighted by Gasteiger charge is 2.42. The molecule has 0 unspecified atom stereocenters. The van der Waals surface area contributed by atoms with Crippen molar-refractivity contribution >= 4 is 17.7 Å². The van der Waals surface area contributed by atoms with E-state index in [0.717, 1.165) is 16.1 Å². The summed E-state index contributed by atoms with van der Waals surface area (Å²) < 4.78 is 0. The van der Waals surface area contributed by atoms with Gasteiger partial charge in [-0.25, -0.2) is 5.01 Å². The molecule has 30 heavy (non-hydrogen) atoms. The average Bonchev–Trinajstić information content (AvgIpc) is 3.04. The zero-order chi connectivity index (χ0) is 21.1. The van der Waals surface area contributed by atoms with Crippen LogP contribution in [0.1, 0.15) is 51.1 Å². The molecule has 0 saturated carbocycles. The van der Waals surface area contributed by atoms with Gasteiger partial charge in [0, 0.05) is 6.54 Å². The fraction of sp³-hybridized carbons (Fsp3) is 0.160. The summed E-state index contributed by atoms with van der Waals surface area (Å²) in [6.07, 6.45) is 0.607. The maximum atomic E-state index is 13.8. The van der Waals surface area contributed by atoms with E-state index < -0.39 is 17.7 Å². The van der Waals surface area contributed by atoms with Gasteiger partial charge in [-0.3, -0.25) is 14.4 Å². The van der Waals surface area contributed by atoms with E-state index in [-0.39, 0.29) is 12.5 Å². The van der Waals surface area contributed by atoms with Gasteiger partial charge in [-0.15, -0.1) is 0 Å². The summed E-state index contributed by atoms with van der Waals surface area (Å²) in [5.41, 5.74) is 2.28. The molecular formula is C25H22N2O3. The molecule has 0 saturated heterocycles. The first-order valence-electron chi connectivity index (χ1n) is 10.0. The van der Waals surface area contributed by atoms with Crippen LogP contribution >= 0.6 is 0 Å². The second kappa shape index (κ2) is 8.33. The smallest absolute Gasteiger partial charge is 0.272 e. The normalized spacial score (nSPS) is 12.9. The van der Waals surface area contributed by atoms with Crippen molar-refractivity contribution in [2.24, 2.45) is 0 Å². The number of amides is 3. The highest BCUT2D eigenvalue weighted by atomic mass is 16.2. The third-order valence-corrected chi connectivity index (χ3v) is 5.22. The number of hydrazine groups is 1. The lowest BCUT2D eigenvalue weighted by atomic mass is 9.90. The topological polar surface area (TPSA) is 57.7 Å². The third-order valence-electron chi connectivity index (χ3n) is 5.22. The van der Waals surface area contributed by atoms with Gasteiger partial charge >= 0.3 is 0 Å².